The van der Waals surface area contributed by atoms with Crippen LogP contribution >= 0.6 is 12.4 Å². The normalized spacial score (nSPS) is 12.0. The van der Waals surface area contributed by atoms with E-state index < -0.39 is 0 Å². The molecule has 1 aromatic heterocycles. The van der Waals surface area contributed by atoms with E-state index in [1.165, 1.54) is 0 Å². The van der Waals surface area contributed by atoms with E-state index in [4.69, 9.17) is 5.73 Å². The molecule has 0 aliphatic heterocycles. The topological polar surface area (TPSA) is 77.1 Å². The number of halogens is 1. The van der Waals surface area contributed by atoms with Crippen LogP contribution in [0.25, 0.3) is 22.0 Å². The summed E-state index contributed by atoms with van der Waals surface area (Å²) in [5.74, 6) is -0.00883. The van der Waals surface area contributed by atoms with Crippen molar-refractivity contribution in [1.82, 2.24) is 9.88 Å². The summed E-state index contributed by atoms with van der Waals surface area (Å²) in [6.07, 6.45) is 0. The number of carbonyl (C=O) groups excluding carboxylic acids is 1. The third-order valence-electron chi connectivity index (χ3n) is 4.67. The van der Waals surface area contributed by atoms with Crippen LogP contribution in [0.5, 0.6) is 0 Å². The Balaban J connectivity index is 0.00000196. The van der Waals surface area contributed by atoms with E-state index in [-0.39, 0.29) is 23.7 Å². The molecule has 2 aromatic carbocycles. The molecule has 0 bridgehead atoms. The van der Waals surface area contributed by atoms with Crippen LogP contribution in [0, 0.1) is 0 Å². The molecule has 0 radical (unpaired) electrons. The lowest BCUT2D eigenvalue weighted by Gasteiger charge is -2.15. The van der Waals surface area contributed by atoms with Crippen molar-refractivity contribution in [3.8, 4) is 11.3 Å². The molecule has 1 aliphatic rings. The highest BCUT2D eigenvalue weighted by Crippen LogP contribution is 2.38. The number of hydrogen-bond acceptors (Lipinski definition) is 4. The third-order valence-corrected chi connectivity index (χ3v) is 4.67. The maximum Gasteiger partial charge on any atom is 0.258 e. The second-order valence-corrected chi connectivity index (χ2v) is 6.14. The zero-order valence-corrected chi connectivity index (χ0v) is 15.0. The summed E-state index contributed by atoms with van der Waals surface area (Å²) in [5.41, 5.74) is 8.32. The van der Waals surface area contributed by atoms with Crippen molar-refractivity contribution in [2.45, 2.75) is 6.54 Å². The minimum absolute atomic E-state index is 0. The van der Waals surface area contributed by atoms with Gasteiger partial charge >= 0.3 is 0 Å². The summed E-state index contributed by atoms with van der Waals surface area (Å²) in [6, 6.07) is 14.8. The second kappa shape index (κ2) is 7.41. The van der Waals surface area contributed by atoms with E-state index in [9.17, 15) is 9.59 Å². The van der Waals surface area contributed by atoms with E-state index in [0.29, 0.717) is 42.7 Å². The zero-order valence-electron chi connectivity index (χ0n) is 14.2. The highest BCUT2D eigenvalue weighted by molar-refractivity contribution is 6.26. The number of rotatable bonds is 5. The average Bonchev–Trinajstić information content (AvgIpc) is 2.94. The van der Waals surface area contributed by atoms with Crippen molar-refractivity contribution >= 4 is 29.0 Å². The van der Waals surface area contributed by atoms with Gasteiger partial charge < -0.3 is 15.6 Å². The fourth-order valence-electron chi connectivity index (χ4n) is 3.56. The summed E-state index contributed by atoms with van der Waals surface area (Å²) in [4.78, 5) is 26.1. The van der Waals surface area contributed by atoms with Crippen LogP contribution in [-0.2, 0) is 6.54 Å². The molecular formula is C20H20ClN3O2. The number of benzene rings is 2. The summed E-state index contributed by atoms with van der Waals surface area (Å²) in [5, 5.41) is 4.53. The third kappa shape index (κ3) is 2.74. The van der Waals surface area contributed by atoms with E-state index in [1.807, 2.05) is 42.5 Å². The molecule has 0 amide bonds. The van der Waals surface area contributed by atoms with Crippen LogP contribution in [0.1, 0.15) is 15.9 Å². The fourth-order valence-corrected chi connectivity index (χ4v) is 3.56. The quantitative estimate of drug-likeness (QED) is 0.529. The number of pyridine rings is 1. The Morgan fingerprint density at radius 3 is 2.27 bits per heavy atom. The summed E-state index contributed by atoms with van der Waals surface area (Å²) >= 11 is 0. The lowest BCUT2D eigenvalue weighted by Crippen LogP contribution is -2.31. The predicted octanol–water partition coefficient (Wildman–Crippen LogP) is 2.18. The molecule has 0 unspecified atom stereocenters. The molecule has 1 aliphatic carbocycles. The van der Waals surface area contributed by atoms with Gasteiger partial charge in [0.05, 0.1) is 11.3 Å². The highest BCUT2D eigenvalue weighted by Gasteiger charge is 2.31. The van der Waals surface area contributed by atoms with Crippen LogP contribution < -0.4 is 16.6 Å². The van der Waals surface area contributed by atoms with Gasteiger partial charge in [0.25, 0.3) is 5.56 Å². The Kier molecular flexibility index (Phi) is 5.23. The highest BCUT2D eigenvalue weighted by atomic mass is 35.5. The van der Waals surface area contributed by atoms with Crippen LogP contribution in [0.3, 0.4) is 0 Å². The molecule has 0 saturated heterocycles. The van der Waals surface area contributed by atoms with E-state index in [0.717, 1.165) is 16.6 Å². The van der Waals surface area contributed by atoms with E-state index in [2.05, 4.69) is 5.32 Å². The Morgan fingerprint density at radius 2 is 1.54 bits per heavy atom. The molecule has 3 aromatic rings. The first-order chi connectivity index (χ1) is 12.2. The monoisotopic (exact) mass is 369 g/mol. The smallest absolute Gasteiger partial charge is 0.258 e. The number of ketones is 1. The molecular weight excluding hydrogens is 350 g/mol. The maximum atomic E-state index is 13.1. The largest absolute Gasteiger partial charge is 0.329 e. The van der Waals surface area contributed by atoms with E-state index in [1.54, 1.807) is 10.6 Å². The van der Waals surface area contributed by atoms with Crippen molar-refractivity contribution in [1.29, 1.82) is 0 Å². The number of hydrogen-bond donors (Lipinski definition) is 2. The van der Waals surface area contributed by atoms with Crippen LogP contribution in [0.4, 0.5) is 0 Å². The number of nitrogens with one attached hydrogen (secondary N) is 1. The van der Waals surface area contributed by atoms with Gasteiger partial charge in [-0.2, -0.15) is 0 Å². The Labute approximate surface area is 157 Å². The molecule has 0 fully saturated rings. The first-order valence-corrected chi connectivity index (χ1v) is 8.44. The number of carbonyl (C=O) groups is 1. The molecule has 3 N–H and O–H groups in total. The summed E-state index contributed by atoms with van der Waals surface area (Å²) < 4.78 is 1.73. The van der Waals surface area contributed by atoms with Gasteiger partial charge in [0.15, 0.2) is 5.78 Å². The number of fused-ring (bicyclic) bond motifs is 5. The first-order valence-electron chi connectivity index (χ1n) is 8.44. The van der Waals surface area contributed by atoms with Gasteiger partial charge in [-0.1, -0.05) is 42.5 Å². The molecule has 134 valence electrons. The van der Waals surface area contributed by atoms with Crippen molar-refractivity contribution in [2.24, 2.45) is 5.73 Å². The molecule has 1 heterocycles. The van der Waals surface area contributed by atoms with Crippen molar-refractivity contribution in [3.63, 3.8) is 0 Å². The van der Waals surface area contributed by atoms with Gasteiger partial charge in [0.1, 0.15) is 0 Å². The number of aromatic nitrogens is 1. The SMILES string of the molecule is Cl.NCCNCCn1c2c(c3ccccc3c1=O)C(=O)c1ccccc1-2. The predicted molar refractivity (Wildman–Crippen MR) is 106 cm³/mol. The zero-order chi connectivity index (χ0) is 17.4. The lowest BCUT2D eigenvalue weighted by atomic mass is 10.0. The average molecular weight is 370 g/mol. The first kappa shape index (κ1) is 18.3. The van der Waals surface area contributed by atoms with Crippen LogP contribution in [0.2, 0.25) is 0 Å². The second-order valence-electron chi connectivity index (χ2n) is 6.14. The van der Waals surface area contributed by atoms with Gasteiger partial charge in [-0.05, 0) is 6.07 Å². The van der Waals surface area contributed by atoms with Gasteiger partial charge in [-0.25, -0.2) is 0 Å². The summed E-state index contributed by atoms with van der Waals surface area (Å²) in [6.45, 7) is 2.36. The molecule has 0 atom stereocenters. The van der Waals surface area contributed by atoms with Crippen LogP contribution in [0.15, 0.2) is 53.3 Å². The molecule has 6 heteroatoms. The molecule has 4 rings (SSSR count). The fraction of sp³-hybridized carbons (Fsp3) is 0.200. The Bertz CT molecular complexity index is 1040. The minimum atomic E-state index is -0.0617. The van der Waals surface area contributed by atoms with Crippen molar-refractivity contribution in [2.75, 3.05) is 19.6 Å². The maximum absolute atomic E-state index is 13.1. The summed E-state index contributed by atoms with van der Waals surface area (Å²) in [7, 11) is 0. The van der Waals surface area contributed by atoms with Crippen LogP contribution in [-0.4, -0.2) is 30.0 Å². The minimum Gasteiger partial charge on any atom is -0.329 e. The van der Waals surface area contributed by atoms with E-state index >= 15 is 0 Å². The van der Waals surface area contributed by atoms with Crippen molar-refractivity contribution in [3.05, 3.63) is 70.0 Å². The van der Waals surface area contributed by atoms with Gasteiger partial charge in [0.2, 0.25) is 0 Å². The van der Waals surface area contributed by atoms with Gasteiger partial charge in [-0.3, -0.25) is 9.59 Å². The molecule has 0 spiro atoms. The molecule has 5 nitrogen and oxygen atoms in total. The van der Waals surface area contributed by atoms with Crippen molar-refractivity contribution < 1.29 is 4.79 Å². The lowest BCUT2D eigenvalue weighted by molar-refractivity contribution is 0.104. The van der Waals surface area contributed by atoms with Gasteiger partial charge in [-0.15, -0.1) is 12.4 Å². The Morgan fingerprint density at radius 1 is 0.885 bits per heavy atom. The molecule has 26 heavy (non-hydrogen) atoms. The molecule has 0 saturated carbocycles. The number of nitrogens with zero attached hydrogens (tertiary/aromatic N) is 1. The Hall–Kier alpha value is -2.47. The number of nitrogens with two attached hydrogens (primary N) is 1. The standard InChI is InChI=1S/C20H19N3O2.ClH/c21-9-10-22-11-12-23-18-14-6-2-3-7-15(14)19(24)17(18)13-5-1-4-8-16(13)20(23)25;/h1-8,22H,9-12,21H2;1H. The van der Waals surface area contributed by atoms with Gasteiger partial charge in [0, 0.05) is 48.1 Å².